The Morgan fingerprint density at radius 3 is 2.24 bits per heavy atom. The van der Waals surface area contributed by atoms with Gasteiger partial charge in [-0.25, -0.2) is 0 Å². The lowest BCUT2D eigenvalue weighted by atomic mass is 10.0. The van der Waals surface area contributed by atoms with Crippen LogP contribution in [0.2, 0.25) is 0 Å². The van der Waals surface area contributed by atoms with Crippen molar-refractivity contribution in [3.63, 3.8) is 0 Å². The highest BCUT2D eigenvalue weighted by Gasteiger charge is 2.26. The van der Waals surface area contributed by atoms with Gasteiger partial charge in [-0.2, -0.15) is 4.58 Å². The molecule has 170 valence electrons. The van der Waals surface area contributed by atoms with E-state index < -0.39 is 0 Å². The van der Waals surface area contributed by atoms with Gasteiger partial charge in [0.1, 0.15) is 0 Å². The van der Waals surface area contributed by atoms with Gasteiger partial charge in [0.25, 0.3) is 0 Å². The van der Waals surface area contributed by atoms with E-state index in [1.54, 1.807) is 0 Å². The van der Waals surface area contributed by atoms with Crippen LogP contribution in [-0.4, -0.2) is 23.7 Å². The molecule has 1 aliphatic heterocycles. The molecule has 2 aliphatic rings. The summed E-state index contributed by atoms with van der Waals surface area (Å²) in [7, 11) is 0. The van der Waals surface area contributed by atoms with E-state index in [1.165, 1.54) is 30.5 Å². The molecule has 0 unspecified atom stereocenters. The van der Waals surface area contributed by atoms with Gasteiger partial charge in [0.05, 0.1) is 0 Å². The molecule has 3 aromatic rings. The molecule has 3 aromatic carbocycles. The topological polar surface area (TPSA) is 18.3 Å². The van der Waals surface area contributed by atoms with Crippen LogP contribution < -0.4 is 9.89 Å². The summed E-state index contributed by atoms with van der Waals surface area (Å²) in [4.78, 5) is 2.51. The van der Waals surface area contributed by atoms with E-state index in [4.69, 9.17) is 0 Å². The quantitative estimate of drug-likeness (QED) is 0.409. The van der Waals surface area contributed by atoms with Crippen LogP contribution in [0.4, 0.5) is 22.7 Å². The first-order valence-electron chi connectivity index (χ1n) is 12.2. The SMILES string of the molecule is C=C1C=CC(N2CCCCC2)=CC1=[N+](c1ccccc1)c1cc(Nc2ccccc2)ccc1C. The maximum atomic E-state index is 4.42. The summed E-state index contributed by atoms with van der Waals surface area (Å²) >= 11 is 0. The fourth-order valence-electron chi connectivity index (χ4n) is 4.71. The van der Waals surface area contributed by atoms with Crippen LogP contribution in [0.1, 0.15) is 24.8 Å². The number of allylic oxidation sites excluding steroid dienone is 4. The molecule has 5 rings (SSSR count). The highest BCUT2D eigenvalue weighted by Crippen LogP contribution is 2.31. The third kappa shape index (κ3) is 4.74. The van der Waals surface area contributed by atoms with E-state index in [0.29, 0.717) is 0 Å². The van der Waals surface area contributed by atoms with Gasteiger partial charge in [-0.05, 0) is 56.5 Å². The molecule has 0 saturated carbocycles. The summed E-state index contributed by atoms with van der Waals surface area (Å²) in [6.45, 7) is 8.84. The number of piperidine rings is 1. The van der Waals surface area contributed by atoms with Gasteiger partial charge >= 0.3 is 0 Å². The predicted octanol–water partition coefficient (Wildman–Crippen LogP) is 7.51. The van der Waals surface area contributed by atoms with Crippen LogP contribution in [-0.2, 0) is 0 Å². The molecule has 1 fully saturated rings. The number of anilines is 2. The molecule has 0 radical (unpaired) electrons. The van der Waals surface area contributed by atoms with Crippen molar-refractivity contribution in [3.05, 3.63) is 121 Å². The summed E-state index contributed by atoms with van der Waals surface area (Å²) in [6.07, 6.45) is 10.5. The lowest BCUT2D eigenvalue weighted by Crippen LogP contribution is -2.30. The van der Waals surface area contributed by atoms with Crippen LogP contribution in [0, 0.1) is 6.92 Å². The molecule has 0 atom stereocenters. The monoisotopic (exact) mass is 446 g/mol. The lowest BCUT2D eigenvalue weighted by Gasteiger charge is -2.30. The van der Waals surface area contributed by atoms with Gasteiger partial charge < -0.3 is 10.2 Å². The van der Waals surface area contributed by atoms with Crippen LogP contribution >= 0.6 is 0 Å². The van der Waals surface area contributed by atoms with Crippen molar-refractivity contribution < 1.29 is 0 Å². The second-order valence-electron chi connectivity index (χ2n) is 9.02. The van der Waals surface area contributed by atoms with E-state index in [9.17, 15) is 0 Å². The molecular weight excluding hydrogens is 414 g/mol. The minimum absolute atomic E-state index is 1.02. The van der Waals surface area contributed by atoms with E-state index in [0.717, 1.165) is 47.1 Å². The third-order valence-corrected chi connectivity index (χ3v) is 6.56. The number of aryl methyl sites for hydroxylation is 1. The fraction of sp³-hybridized carbons (Fsp3) is 0.194. The Bertz CT molecular complexity index is 1260. The molecule has 0 bridgehead atoms. The molecule has 1 heterocycles. The average Bonchev–Trinajstić information content (AvgIpc) is 2.89. The smallest absolute Gasteiger partial charge is 0.220 e. The molecule has 1 N–H and O–H groups in total. The second-order valence-corrected chi connectivity index (χ2v) is 9.02. The van der Waals surface area contributed by atoms with Crippen molar-refractivity contribution in [3.8, 4) is 0 Å². The Kier molecular flexibility index (Phi) is 6.44. The number of nitrogens with one attached hydrogen (secondary N) is 1. The molecule has 0 aromatic heterocycles. The number of hydrogen-bond donors (Lipinski definition) is 1. The Labute approximate surface area is 203 Å². The second kappa shape index (κ2) is 9.96. The Hall–Kier alpha value is -3.85. The van der Waals surface area contributed by atoms with Gasteiger partial charge in [-0.3, -0.25) is 0 Å². The number of para-hydroxylation sites is 2. The third-order valence-electron chi connectivity index (χ3n) is 6.56. The van der Waals surface area contributed by atoms with Crippen molar-refractivity contribution in [2.24, 2.45) is 0 Å². The molecule has 34 heavy (non-hydrogen) atoms. The fourth-order valence-corrected chi connectivity index (χ4v) is 4.71. The van der Waals surface area contributed by atoms with Crippen molar-refractivity contribution in [1.82, 2.24) is 9.48 Å². The zero-order chi connectivity index (χ0) is 23.3. The van der Waals surface area contributed by atoms with E-state index in [1.807, 2.05) is 6.07 Å². The number of hydrogen-bond acceptors (Lipinski definition) is 2. The maximum absolute atomic E-state index is 4.42. The van der Waals surface area contributed by atoms with Crippen molar-refractivity contribution >= 4 is 28.5 Å². The zero-order valence-corrected chi connectivity index (χ0v) is 19.9. The molecule has 1 aliphatic carbocycles. The van der Waals surface area contributed by atoms with Crippen molar-refractivity contribution in [1.29, 1.82) is 0 Å². The Morgan fingerprint density at radius 2 is 1.50 bits per heavy atom. The summed E-state index contributed by atoms with van der Waals surface area (Å²) in [6, 6.07) is 27.5. The highest BCUT2D eigenvalue weighted by molar-refractivity contribution is 6.14. The number of benzene rings is 3. The van der Waals surface area contributed by atoms with Gasteiger partial charge in [0, 0.05) is 65.6 Å². The highest BCUT2D eigenvalue weighted by atomic mass is 15.1. The molecular formula is C31H32N3+. The minimum atomic E-state index is 1.02. The largest absolute Gasteiger partial charge is 0.371 e. The normalized spacial score (nSPS) is 17.4. The Balaban J connectivity index is 1.64. The maximum Gasteiger partial charge on any atom is 0.220 e. The van der Waals surface area contributed by atoms with Crippen LogP contribution in [0.3, 0.4) is 0 Å². The van der Waals surface area contributed by atoms with E-state index in [-0.39, 0.29) is 0 Å². The number of nitrogens with zero attached hydrogens (tertiary/aromatic N) is 2. The summed E-state index contributed by atoms with van der Waals surface area (Å²) < 4.78 is 2.35. The zero-order valence-electron chi connectivity index (χ0n) is 19.9. The van der Waals surface area contributed by atoms with Crippen LogP contribution in [0.25, 0.3) is 0 Å². The molecule has 1 saturated heterocycles. The Morgan fingerprint density at radius 1 is 0.794 bits per heavy atom. The first-order valence-corrected chi connectivity index (χ1v) is 12.2. The van der Waals surface area contributed by atoms with Gasteiger partial charge in [0.2, 0.25) is 17.1 Å². The van der Waals surface area contributed by atoms with Crippen molar-refractivity contribution in [2.45, 2.75) is 26.2 Å². The molecule has 0 spiro atoms. The number of likely N-dealkylation sites (tertiary alicyclic amines) is 1. The molecule has 3 nitrogen and oxygen atoms in total. The van der Waals surface area contributed by atoms with E-state index >= 15 is 0 Å². The predicted molar refractivity (Wildman–Crippen MR) is 146 cm³/mol. The summed E-state index contributed by atoms with van der Waals surface area (Å²) in [5, 5.41) is 3.56. The van der Waals surface area contributed by atoms with Gasteiger partial charge in [-0.15, -0.1) is 0 Å². The van der Waals surface area contributed by atoms with Gasteiger partial charge in [-0.1, -0.05) is 49.0 Å². The standard InChI is InChI=1S/C31H32N3/c1-24-16-18-27(32-26-12-6-3-7-13-26)22-30(24)34(28-14-8-4-9-15-28)31-23-29(19-17-25(31)2)33-20-10-5-11-21-33/h3-4,6-9,12-19,22-23,32H,2,5,10-11,20-21H2,1H3/q+1. The lowest BCUT2D eigenvalue weighted by molar-refractivity contribution is 0.293. The van der Waals surface area contributed by atoms with Crippen molar-refractivity contribution in [2.75, 3.05) is 18.4 Å². The first kappa shape index (κ1) is 22.0. The van der Waals surface area contributed by atoms with Crippen LogP contribution in [0.15, 0.2) is 115 Å². The molecule has 3 heteroatoms. The average molecular weight is 447 g/mol. The molecule has 0 amide bonds. The summed E-state index contributed by atoms with van der Waals surface area (Å²) in [5.74, 6) is 0. The summed E-state index contributed by atoms with van der Waals surface area (Å²) in [5.41, 5.74) is 9.04. The van der Waals surface area contributed by atoms with Crippen LogP contribution in [0.5, 0.6) is 0 Å². The minimum Gasteiger partial charge on any atom is -0.371 e. The number of rotatable bonds is 5. The first-order chi connectivity index (χ1) is 16.7. The van der Waals surface area contributed by atoms with Gasteiger partial charge in [0.15, 0.2) is 0 Å². The van der Waals surface area contributed by atoms with E-state index in [2.05, 4.69) is 119 Å².